The first-order valence-electron chi connectivity index (χ1n) is 11.2. The number of H-pyrrole nitrogens is 2. The summed E-state index contributed by atoms with van der Waals surface area (Å²) >= 11 is 0. The molecular formula is C26H21FN8O. The maximum absolute atomic E-state index is 14.0. The Morgan fingerprint density at radius 2 is 1.89 bits per heavy atom. The van der Waals surface area contributed by atoms with Crippen LogP contribution in [-0.2, 0) is 6.54 Å². The molecule has 0 aliphatic carbocycles. The first kappa shape index (κ1) is 21.8. The Morgan fingerprint density at radius 1 is 1.00 bits per heavy atom. The van der Waals surface area contributed by atoms with Crippen molar-refractivity contribution in [3.8, 4) is 39.7 Å². The van der Waals surface area contributed by atoms with Gasteiger partial charge in [0.2, 0.25) is 0 Å². The Labute approximate surface area is 204 Å². The molecule has 9 nitrogen and oxygen atoms in total. The van der Waals surface area contributed by atoms with E-state index in [9.17, 15) is 9.50 Å². The predicted molar refractivity (Wildman–Crippen MR) is 134 cm³/mol. The van der Waals surface area contributed by atoms with E-state index in [-0.39, 0.29) is 5.75 Å². The van der Waals surface area contributed by atoms with Crippen LogP contribution in [-0.4, -0.2) is 59.2 Å². The largest absolute Gasteiger partial charge is 0.508 e. The number of pyridine rings is 3. The average Bonchev–Trinajstić information content (AvgIpc) is 3.46. The number of aromatic amines is 2. The van der Waals surface area contributed by atoms with Crippen molar-refractivity contribution in [1.82, 2.24) is 40.0 Å². The number of phenols is 1. The highest BCUT2D eigenvalue weighted by Gasteiger charge is 2.18. The van der Waals surface area contributed by atoms with Gasteiger partial charge in [0.1, 0.15) is 17.1 Å². The molecule has 0 radical (unpaired) electrons. The molecule has 0 saturated heterocycles. The van der Waals surface area contributed by atoms with Gasteiger partial charge in [-0.3, -0.25) is 10.1 Å². The third-order valence-electron chi connectivity index (χ3n) is 5.81. The van der Waals surface area contributed by atoms with Crippen LogP contribution < -0.4 is 0 Å². The molecule has 0 unspecified atom stereocenters. The molecule has 0 bridgehead atoms. The molecule has 0 amide bonds. The zero-order valence-corrected chi connectivity index (χ0v) is 19.5. The summed E-state index contributed by atoms with van der Waals surface area (Å²) in [5.74, 6) is -0.219. The topological polar surface area (TPSA) is 120 Å². The van der Waals surface area contributed by atoms with Gasteiger partial charge in [0.05, 0.1) is 16.7 Å². The van der Waals surface area contributed by atoms with E-state index in [0.29, 0.717) is 39.3 Å². The molecule has 6 aromatic rings. The fourth-order valence-electron chi connectivity index (χ4n) is 4.30. The number of aromatic nitrogens is 7. The Balaban J connectivity index is 1.45. The number of fused-ring (bicyclic) bond motifs is 2. The lowest BCUT2D eigenvalue weighted by molar-refractivity contribution is 0.402. The SMILES string of the molecule is CN(C)Cc1cncc(-c2ccc3[nH]nc(-c4nc5nccc(-c6cc(O)cc(F)c6)c5[nH]4)c3n2)c1. The van der Waals surface area contributed by atoms with Gasteiger partial charge in [-0.25, -0.2) is 19.3 Å². The molecule has 0 fully saturated rings. The van der Waals surface area contributed by atoms with Gasteiger partial charge in [-0.15, -0.1) is 0 Å². The minimum Gasteiger partial charge on any atom is -0.508 e. The number of imidazole rings is 1. The normalized spacial score (nSPS) is 11.7. The van der Waals surface area contributed by atoms with Gasteiger partial charge >= 0.3 is 0 Å². The molecular weight excluding hydrogens is 459 g/mol. The predicted octanol–water partition coefficient (Wildman–Crippen LogP) is 4.53. The van der Waals surface area contributed by atoms with Gasteiger partial charge in [0, 0.05) is 42.3 Å². The molecule has 5 heterocycles. The van der Waals surface area contributed by atoms with Crippen molar-refractivity contribution in [3.63, 3.8) is 0 Å². The number of benzene rings is 1. The summed E-state index contributed by atoms with van der Waals surface area (Å²) in [6.07, 6.45) is 5.23. The summed E-state index contributed by atoms with van der Waals surface area (Å²) in [5, 5.41) is 17.3. The zero-order chi connectivity index (χ0) is 24.8. The second-order valence-corrected chi connectivity index (χ2v) is 8.83. The molecule has 0 atom stereocenters. The summed E-state index contributed by atoms with van der Waals surface area (Å²) in [6, 6.07) is 11.6. The third-order valence-corrected chi connectivity index (χ3v) is 5.81. The summed E-state index contributed by atoms with van der Waals surface area (Å²) in [6.45, 7) is 0.775. The number of hydrogen-bond acceptors (Lipinski definition) is 7. The van der Waals surface area contributed by atoms with Crippen LogP contribution in [0.15, 0.2) is 61.1 Å². The number of nitrogens with zero attached hydrogens (tertiary/aromatic N) is 6. The van der Waals surface area contributed by atoms with Crippen LogP contribution >= 0.6 is 0 Å². The molecule has 0 spiro atoms. The lowest BCUT2D eigenvalue weighted by Gasteiger charge is -2.10. The molecule has 10 heteroatoms. The molecule has 0 saturated carbocycles. The van der Waals surface area contributed by atoms with E-state index < -0.39 is 5.82 Å². The highest BCUT2D eigenvalue weighted by molar-refractivity contribution is 5.95. The number of aromatic hydroxyl groups is 1. The van der Waals surface area contributed by atoms with Crippen molar-refractivity contribution in [2.45, 2.75) is 6.54 Å². The van der Waals surface area contributed by atoms with Gasteiger partial charge in [-0.2, -0.15) is 5.10 Å². The molecule has 178 valence electrons. The highest BCUT2D eigenvalue weighted by Crippen LogP contribution is 2.32. The van der Waals surface area contributed by atoms with E-state index in [0.717, 1.165) is 34.9 Å². The van der Waals surface area contributed by atoms with Gasteiger partial charge in [0.15, 0.2) is 17.2 Å². The van der Waals surface area contributed by atoms with Crippen LogP contribution in [0.5, 0.6) is 5.75 Å². The van der Waals surface area contributed by atoms with Crippen molar-refractivity contribution >= 4 is 22.2 Å². The lowest BCUT2D eigenvalue weighted by atomic mass is 10.1. The summed E-state index contributed by atoms with van der Waals surface area (Å²) < 4.78 is 14.0. The third kappa shape index (κ3) is 3.93. The van der Waals surface area contributed by atoms with Crippen molar-refractivity contribution in [2.24, 2.45) is 0 Å². The number of nitrogens with one attached hydrogen (secondary N) is 2. The van der Waals surface area contributed by atoms with Crippen molar-refractivity contribution < 1.29 is 9.50 Å². The number of halogens is 1. The second kappa shape index (κ2) is 8.51. The maximum Gasteiger partial charge on any atom is 0.178 e. The van der Waals surface area contributed by atoms with Crippen LogP contribution in [0, 0.1) is 5.82 Å². The fourth-order valence-corrected chi connectivity index (χ4v) is 4.30. The molecule has 0 aliphatic rings. The van der Waals surface area contributed by atoms with E-state index in [1.807, 2.05) is 32.4 Å². The minimum atomic E-state index is -0.533. The van der Waals surface area contributed by atoms with E-state index >= 15 is 0 Å². The van der Waals surface area contributed by atoms with E-state index in [4.69, 9.17) is 4.98 Å². The molecule has 6 rings (SSSR count). The monoisotopic (exact) mass is 480 g/mol. The van der Waals surface area contributed by atoms with Crippen LogP contribution in [0.3, 0.4) is 0 Å². The highest BCUT2D eigenvalue weighted by atomic mass is 19.1. The zero-order valence-electron chi connectivity index (χ0n) is 19.5. The van der Waals surface area contributed by atoms with Crippen LogP contribution in [0.2, 0.25) is 0 Å². The summed E-state index contributed by atoms with van der Waals surface area (Å²) in [4.78, 5) is 23.6. The van der Waals surface area contributed by atoms with E-state index in [2.05, 4.69) is 41.1 Å². The van der Waals surface area contributed by atoms with Gasteiger partial charge < -0.3 is 15.0 Å². The number of hydrogen-bond donors (Lipinski definition) is 3. The van der Waals surface area contributed by atoms with Crippen LogP contribution in [0.25, 0.3) is 56.1 Å². The molecule has 1 aromatic carbocycles. The molecule has 36 heavy (non-hydrogen) atoms. The fraction of sp³-hybridized carbons (Fsp3) is 0.115. The van der Waals surface area contributed by atoms with Crippen molar-refractivity contribution in [1.29, 1.82) is 0 Å². The minimum absolute atomic E-state index is 0.158. The van der Waals surface area contributed by atoms with Gasteiger partial charge in [-0.05, 0) is 61.6 Å². The van der Waals surface area contributed by atoms with E-state index in [1.54, 1.807) is 18.5 Å². The molecule has 3 N–H and O–H groups in total. The first-order chi connectivity index (χ1) is 17.4. The quantitative estimate of drug-likeness (QED) is 0.332. The van der Waals surface area contributed by atoms with Crippen molar-refractivity contribution in [2.75, 3.05) is 14.1 Å². The van der Waals surface area contributed by atoms with E-state index in [1.165, 1.54) is 12.1 Å². The van der Waals surface area contributed by atoms with Crippen molar-refractivity contribution in [3.05, 3.63) is 72.4 Å². The second-order valence-electron chi connectivity index (χ2n) is 8.83. The Bertz CT molecular complexity index is 1720. The van der Waals surface area contributed by atoms with Gasteiger partial charge in [-0.1, -0.05) is 0 Å². The first-order valence-corrected chi connectivity index (χ1v) is 11.2. The van der Waals surface area contributed by atoms with Crippen LogP contribution in [0.4, 0.5) is 4.39 Å². The number of rotatable bonds is 5. The maximum atomic E-state index is 14.0. The Hall–Kier alpha value is -4.70. The summed E-state index contributed by atoms with van der Waals surface area (Å²) in [5.41, 5.74) is 6.92. The Morgan fingerprint density at radius 3 is 2.72 bits per heavy atom. The smallest absolute Gasteiger partial charge is 0.178 e. The standard InChI is InChI=1S/C26H21FN8O/c1-35(2)13-14-7-16(12-28-11-14)20-3-4-21-23(30-20)24(34-33-21)26-31-22-19(5-6-29-25(22)32-26)15-8-17(27)10-18(36)9-15/h3-12,36H,13H2,1-2H3,(H,33,34)(H,29,31,32). The summed E-state index contributed by atoms with van der Waals surface area (Å²) in [7, 11) is 4.03. The number of phenolic OH excluding ortho intramolecular Hbond substituents is 1. The molecule has 5 aromatic heterocycles. The van der Waals surface area contributed by atoms with Gasteiger partial charge in [0.25, 0.3) is 0 Å². The average molecular weight is 481 g/mol. The molecule has 0 aliphatic heterocycles. The van der Waals surface area contributed by atoms with Crippen LogP contribution in [0.1, 0.15) is 5.56 Å². The lowest BCUT2D eigenvalue weighted by Crippen LogP contribution is -2.10. The Kier molecular flexibility index (Phi) is 5.15.